The number of rotatable bonds is 4. The highest BCUT2D eigenvalue weighted by atomic mass is 35.5. The van der Waals surface area contributed by atoms with Crippen molar-refractivity contribution in [2.24, 2.45) is 0 Å². The van der Waals surface area contributed by atoms with Crippen molar-refractivity contribution in [2.75, 3.05) is 5.32 Å². The fourth-order valence-corrected chi connectivity index (χ4v) is 2.61. The van der Waals surface area contributed by atoms with E-state index < -0.39 is 0 Å². The van der Waals surface area contributed by atoms with Gasteiger partial charge in [0.15, 0.2) is 5.82 Å². The first-order valence-electron chi connectivity index (χ1n) is 7.11. The molecule has 0 bridgehead atoms. The van der Waals surface area contributed by atoms with E-state index in [0.29, 0.717) is 22.2 Å². The van der Waals surface area contributed by atoms with Crippen molar-refractivity contribution in [3.63, 3.8) is 0 Å². The predicted octanol–water partition coefficient (Wildman–Crippen LogP) is 3.94. The molecule has 3 rings (SSSR count). The molecule has 0 spiro atoms. The smallest absolute Gasteiger partial charge is 0.175 e. The van der Waals surface area contributed by atoms with Crippen molar-refractivity contribution < 1.29 is 4.39 Å². The molecule has 0 aliphatic rings. The molecule has 1 atom stereocenters. The maximum absolute atomic E-state index is 13.9. The molecule has 0 aliphatic carbocycles. The molecule has 0 radical (unpaired) electrons. The Kier molecular flexibility index (Phi) is 4.25. The van der Waals surface area contributed by atoms with Crippen molar-refractivity contribution in [3.8, 4) is 5.82 Å². The van der Waals surface area contributed by atoms with Crippen LogP contribution in [-0.2, 0) is 0 Å². The van der Waals surface area contributed by atoms with E-state index >= 15 is 0 Å². The predicted molar refractivity (Wildman–Crippen MR) is 87.3 cm³/mol. The molecule has 7 heteroatoms. The second-order valence-electron chi connectivity index (χ2n) is 5.18. The summed E-state index contributed by atoms with van der Waals surface area (Å²) >= 11 is 6.07. The van der Waals surface area contributed by atoms with Gasteiger partial charge in [0.1, 0.15) is 11.6 Å². The average Bonchev–Trinajstić information content (AvgIpc) is 2.94. The number of aryl methyl sites for hydroxylation is 1. The van der Waals surface area contributed by atoms with E-state index in [1.54, 1.807) is 28.9 Å². The number of benzene rings is 1. The van der Waals surface area contributed by atoms with Crippen LogP contribution < -0.4 is 5.32 Å². The molecule has 1 N–H and O–H groups in total. The Morgan fingerprint density at radius 1 is 1.17 bits per heavy atom. The zero-order valence-corrected chi connectivity index (χ0v) is 13.4. The third-order valence-corrected chi connectivity index (χ3v) is 3.73. The van der Waals surface area contributed by atoms with Gasteiger partial charge in [-0.05, 0) is 44.2 Å². The molecular weight excluding hydrogens is 317 g/mol. The number of aromatic nitrogens is 4. The van der Waals surface area contributed by atoms with Crippen LogP contribution >= 0.6 is 11.6 Å². The lowest BCUT2D eigenvalue weighted by atomic mass is 10.1. The van der Waals surface area contributed by atoms with Crippen LogP contribution in [0.25, 0.3) is 5.82 Å². The summed E-state index contributed by atoms with van der Waals surface area (Å²) in [6, 6.07) is 9.73. The zero-order chi connectivity index (χ0) is 16.4. The van der Waals surface area contributed by atoms with Gasteiger partial charge in [-0.3, -0.25) is 0 Å². The van der Waals surface area contributed by atoms with Crippen molar-refractivity contribution in [1.29, 1.82) is 0 Å². The summed E-state index contributed by atoms with van der Waals surface area (Å²) in [7, 11) is 0. The van der Waals surface area contributed by atoms with Gasteiger partial charge in [-0.2, -0.15) is 5.10 Å². The van der Waals surface area contributed by atoms with E-state index in [1.165, 1.54) is 6.07 Å². The SMILES string of the molecule is Cc1ccn(-c2ccc(NC(C)c3c(F)cccc3Cl)nn2)n1. The molecule has 0 amide bonds. The topological polar surface area (TPSA) is 55.6 Å². The molecule has 0 fully saturated rings. The van der Waals surface area contributed by atoms with Crippen molar-refractivity contribution in [3.05, 3.63) is 64.7 Å². The molecule has 0 saturated carbocycles. The molecule has 2 aromatic heterocycles. The molecule has 0 aliphatic heterocycles. The Bertz CT molecular complexity index is 795. The van der Waals surface area contributed by atoms with Crippen LogP contribution in [-0.4, -0.2) is 20.0 Å². The van der Waals surface area contributed by atoms with Crippen molar-refractivity contribution >= 4 is 17.4 Å². The summed E-state index contributed by atoms with van der Waals surface area (Å²) in [5, 5.41) is 16.0. The van der Waals surface area contributed by atoms with Gasteiger partial charge in [0.05, 0.1) is 11.7 Å². The average molecular weight is 332 g/mol. The van der Waals surface area contributed by atoms with E-state index in [1.807, 2.05) is 26.1 Å². The van der Waals surface area contributed by atoms with Crippen LogP contribution in [0, 0.1) is 12.7 Å². The number of hydrogen-bond donors (Lipinski definition) is 1. The highest BCUT2D eigenvalue weighted by Crippen LogP contribution is 2.27. The monoisotopic (exact) mass is 331 g/mol. The van der Waals surface area contributed by atoms with Gasteiger partial charge in [0.25, 0.3) is 0 Å². The van der Waals surface area contributed by atoms with Gasteiger partial charge in [-0.15, -0.1) is 10.2 Å². The zero-order valence-electron chi connectivity index (χ0n) is 12.7. The molecule has 2 heterocycles. The number of nitrogens with one attached hydrogen (secondary N) is 1. The van der Waals surface area contributed by atoms with Crippen LogP contribution in [0.4, 0.5) is 10.2 Å². The van der Waals surface area contributed by atoms with Crippen molar-refractivity contribution in [1.82, 2.24) is 20.0 Å². The molecular formula is C16H15ClFN5. The largest absolute Gasteiger partial charge is 0.362 e. The first-order valence-corrected chi connectivity index (χ1v) is 7.49. The Labute approximate surface area is 138 Å². The van der Waals surface area contributed by atoms with Gasteiger partial charge in [0.2, 0.25) is 0 Å². The van der Waals surface area contributed by atoms with E-state index in [0.717, 1.165) is 5.69 Å². The lowest BCUT2D eigenvalue weighted by molar-refractivity contribution is 0.600. The lowest BCUT2D eigenvalue weighted by Gasteiger charge is -2.16. The minimum Gasteiger partial charge on any atom is -0.362 e. The normalized spacial score (nSPS) is 12.2. The second kappa shape index (κ2) is 6.34. The molecule has 5 nitrogen and oxygen atoms in total. The fourth-order valence-electron chi connectivity index (χ4n) is 2.29. The van der Waals surface area contributed by atoms with E-state index in [9.17, 15) is 4.39 Å². The van der Waals surface area contributed by atoms with Crippen LogP contribution in [0.5, 0.6) is 0 Å². The standard InChI is InChI=1S/C16H15ClFN5/c1-10-8-9-23(22-10)15-7-6-14(20-21-15)19-11(2)16-12(17)4-3-5-13(16)18/h3-9,11H,1-2H3,(H,19,20). The second-order valence-corrected chi connectivity index (χ2v) is 5.59. The molecule has 23 heavy (non-hydrogen) atoms. The Balaban J connectivity index is 1.78. The summed E-state index contributed by atoms with van der Waals surface area (Å²) in [6.07, 6.45) is 1.81. The van der Waals surface area contributed by atoms with Crippen molar-refractivity contribution in [2.45, 2.75) is 19.9 Å². The van der Waals surface area contributed by atoms with E-state index in [2.05, 4.69) is 20.6 Å². The van der Waals surface area contributed by atoms with Gasteiger partial charge < -0.3 is 5.32 Å². The first kappa shape index (κ1) is 15.4. The quantitative estimate of drug-likeness (QED) is 0.786. The van der Waals surface area contributed by atoms with E-state index in [-0.39, 0.29) is 11.9 Å². The first-order chi connectivity index (χ1) is 11.0. The van der Waals surface area contributed by atoms with Crippen LogP contribution in [0.3, 0.4) is 0 Å². The molecule has 3 aromatic rings. The molecule has 1 unspecified atom stereocenters. The number of nitrogens with zero attached hydrogens (tertiary/aromatic N) is 4. The Morgan fingerprint density at radius 3 is 2.61 bits per heavy atom. The third-order valence-electron chi connectivity index (χ3n) is 3.40. The van der Waals surface area contributed by atoms with E-state index in [4.69, 9.17) is 11.6 Å². The number of hydrogen-bond acceptors (Lipinski definition) is 4. The number of halogens is 2. The Hall–Kier alpha value is -2.47. The van der Waals surface area contributed by atoms with Crippen LogP contribution in [0.2, 0.25) is 5.02 Å². The number of anilines is 1. The summed E-state index contributed by atoms with van der Waals surface area (Å²) in [6.45, 7) is 3.72. The maximum atomic E-state index is 13.9. The third kappa shape index (κ3) is 3.32. The summed E-state index contributed by atoms with van der Waals surface area (Å²) in [5.41, 5.74) is 1.31. The van der Waals surface area contributed by atoms with Gasteiger partial charge >= 0.3 is 0 Å². The maximum Gasteiger partial charge on any atom is 0.175 e. The van der Waals surface area contributed by atoms with Gasteiger partial charge in [-0.1, -0.05) is 17.7 Å². The van der Waals surface area contributed by atoms with Gasteiger partial charge in [-0.25, -0.2) is 9.07 Å². The minimum atomic E-state index is -0.353. The summed E-state index contributed by atoms with van der Waals surface area (Å²) in [4.78, 5) is 0. The Morgan fingerprint density at radius 2 is 2.00 bits per heavy atom. The highest BCUT2D eigenvalue weighted by molar-refractivity contribution is 6.31. The minimum absolute atomic E-state index is 0.337. The molecule has 118 valence electrons. The molecule has 0 saturated heterocycles. The summed E-state index contributed by atoms with van der Waals surface area (Å²) in [5.74, 6) is 0.791. The van der Waals surface area contributed by atoms with Crippen LogP contribution in [0.15, 0.2) is 42.6 Å². The molecule has 1 aromatic carbocycles. The van der Waals surface area contributed by atoms with Gasteiger partial charge in [0, 0.05) is 16.8 Å². The highest BCUT2D eigenvalue weighted by Gasteiger charge is 2.15. The summed E-state index contributed by atoms with van der Waals surface area (Å²) < 4.78 is 15.6. The lowest BCUT2D eigenvalue weighted by Crippen LogP contribution is -2.11. The fraction of sp³-hybridized carbons (Fsp3) is 0.188. The van der Waals surface area contributed by atoms with Crippen LogP contribution in [0.1, 0.15) is 24.2 Å².